The number of nitrogens with one attached hydrogen (secondary N) is 1. The lowest BCUT2D eigenvalue weighted by Gasteiger charge is -2.22. The van der Waals surface area contributed by atoms with Gasteiger partial charge in [0.1, 0.15) is 0 Å². The molecule has 1 aliphatic rings. The monoisotopic (exact) mass is 245 g/mol. The second kappa shape index (κ2) is 6.55. The number of rotatable bonds is 5. The van der Waals surface area contributed by atoms with Crippen LogP contribution >= 0.6 is 0 Å². The zero-order valence-electron chi connectivity index (χ0n) is 11.4. The molecular weight excluding hydrogens is 222 g/mol. The van der Waals surface area contributed by atoms with E-state index in [-0.39, 0.29) is 0 Å². The topological polar surface area (TPSA) is 31.9 Å². The Balaban J connectivity index is 2.07. The molecule has 3 heteroatoms. The van der Waals surface area contributed by atoms with E-state index in [0.29, 0.717) is 0 Å². The maximum absolute atomic E-state index is 4.19. The van der Waals surface area contributed by atoms with Crippen molar-refractivity contribution in [2.45, 2.75) is 32.6 Å². The molecule has 2 rings (SSSR count). The zero-order chi connectivity index (χ0) is 12.8. The molecule has 1 aliphatic heterocycles. The molecule has 0 saturated carbocycles. The normalized spacial score (nSPS) is 17.3. The predicted octanol–water partition coefficient (Wildman–Crippen LogP) is 3.33. The van der Waals surface area contributed by atoms with Crippen molar-refractivity contribution in [1.82, 2.24) is 15.1 Å². The minimum Gasteiger partial charge on any atom is -0.302 e. The lowest BCUT2D eigenvalue weighted by Crippen LogP contribution is -2.25. The highest BCUT2D eigenvalue weighted by Gasteiger charge is 2.13. The second-order valence-electron chi connectivity index (χ2n) is 5.00. The van der Waals surface area contributed by atoms with Gasteiger partial charge in [0.05, 0.1) is 11.9 Å². The van der Waals surface area contributed by atoms with Gasteiger partial charge >= 0.3 is 0 Å². The molecule has 0 fully saturated rings. The smallest absolute Gasteiger partial charge is 0.0692 e. The third kappa shape index (κ3) is 3.33. The van der Waals surface area contributed by atoms with Crippen LogP contribution in [0.1, 0.15) is 43.9 Å². The van der Waals surface area contributed by atoms with Gasteiger partial charge in [0.2, 0.25) is 0 Å². The van der Waals surface area contributed by atoms with Gasteiger partial charge in [-0.15, -0.1) is 0 Å². The van der Waals surface area contributed by atoms with E-state index < -0.39 is 0 Å². The number of hydrogen-bond acceptors (Lipinski definition) is 2. The van der Waals surface area contributed by atoms with Gasteiger partial charge < -0.3 is 4.90 Å². The minimum absolute atomic E-state index is 1.01. The van der Waals surface area contributed by atoms with Crippen molar-refractivity contribution in [2.24, 2.45) is 0 Å². The van der Waals surface area contributed by atoms with E-state index in [0.717, 1.165) is 25.9 Å². The van der Waals surface area contributed by atoms with E-state index in [2.05, 4.69) is 47.3 Å². The Labute approximate surface area is 110 Å². The summed E-state index contributed by atoms with van der Waals surface area (Å²) in [5.41, 5.74) is 3.78. The number of nitrogens with zero attached hydrogens (tertiary/aromatic N) is 2. The number of allylic oxidation sites excluding steroid dienone is 1. The number of H-pyrrole nitrogens is 1. The van der Waals surface area contributed by atoms with E-state index in [4.69, 9.17) is 0 Å². The molecule has 98 valence electrons. The molecule has 0 saturated heterocycles. The van der Waals surface area contributed by atoms with Crippen molar-refractivity contribution in [2.75, 3.05) is 20.1 Å². The first-order valence-electron chi connectivity index (χ1n) is 6.89. The van der Waals surface area contributed by atoms with Crippen molar-refractivity contribution >= 4 is 11.6 Å². The molecule has 1 aromatic rings. The Hall–Kier alpha value is -1.35. The molecule has 1 N–H and O–H groups in total. The largest absolute Gasteiger partial charge is 0.302 e. The maximum atomic E-state index is 4.19. The van der Waals surface area contributed by atoms with Crippen molar-refractivity contribution in [3.63, 3.8) is 0 Å². The van der Waals surface area contributed by atoms with E-state index in [1.807, 2.05) is 6.20 Å². The standard InChI is InChI=1S/C15H23N3/c1-3-4-5-6-8-13-11-16-17-15(13)14-9-7-10-18(2)12-14/h6,8-9,11H,3-5,7,10,12H2,1-2H3,(H,16,17)/b8-6+. The molecular formula is C15H23N3. The zero-order valence-corrected chi connectivity index (χ0v) is 11.4. The predicted molar refractivity (Wildman–Crippen MR) is 77.2 cm³/mol. The van der Waals surface area contributed by atoms with Crippen molar-refractivity contribution in [1.29, 1.82) is 0 Å². The van der Waals surface area contributed by atoms with Crippen LogP contribution < -0.4 is 0 Å². The van der Waals surface area contributed by atoms with Crippen LogP contribution in [0.15, 0.2) is 18.3 Å². The lowest BCUT2D eigenvalue weighted by atomic mass is 10.0. The van der Waals surface area contributed by atoms with Gasteiger partial charge in [-0.1, -0.05) is 38.0 Å². The molecule has 0 aliphatic carbocycles. The first kappa shape index (κ1) is 13.1. The minimum atomic E-state index is 1.01. The summed E-state index contributed by atoms with van der Waals surface area (Å²) in [5, 5.41) is 7.33. The van der Waals surface area contributed by atoms with Gasteiger partial charge in [-0.05, 0) is 25.5 Å². The highest BCUT2D eigenvalue weighted by molar-refractivity contribution is 5.72. The summed E-state index contributed by atoms with van der Waals surface area (Å²) in [4.78, 5) is 2.35. The van der Waals surface area contributed by atoms with E-state index in [1.165, 1.54) is 29.7 Å². The van der Waals surface area contributed by atoms with Gasteiger partial charge in [0.25, 0.3) is 0 Å². The van der Waals surface area contributed by atoms with Crippen LogP contribution in [-0.2, 0) is 0 Å². The Morgan fingerprint density at radius 3 is 3.17 bits per heavy atom. The summed E-state index contributed by atoms with van der Waals surface area (Å²) in [6.07, 6.45) is 13.5. The number of aromatic amines is 1. The molecule has 0 spiro atoms. The number of unbranched alkanes of at least 4 members (excludes halogenated alkanes) is 2. The first-order chi connectivity index (χ1) is 8.81. The molecule has 18 heavy (non-hydrogen) atoms. The van der Waals surface area contributed by atoms with Crippen LogP contribution in [0.4, 0.5) is 0 Å². The number of likely N-dealkylation sites (N-methyl/N-ethyl adjacent to an activating group) is 1. The van der Waals surface area contributed by atoms with Gasteiger partial charge in [-0.25, -0.2) is 0 Å². The molecule has 0 bridgehead atoms. The second-order valence-corrected chi connectivity index (χ2v) is 5.00. The lowest BCUT2D eigenvalue weighted by molar-refractivity contribution is 0.372. The summed E-state index contributed by atoms with van der Waals surface area (Å²) in [5.74, 6) is 0. The molecule has 3 nitrogen and oxygen atoms in total. The van der Waals surface area contributed by atoms with Crippen LogP contribution in [-0.4, -0.2) is 35.2 Å². The van der Waals surface area contributed by atoms with Gasteiger partial charge in [0, 0.05) is 18.7 Å². The van der Waals surface area contributed by atoms with E-state index in [9.17, 15) is 0 Å². The fourth-order valence-corrected chi connectivity index (χ4v) is 2.29. The third-order valence-electron chi connectivity index (χ3n) is 3.35. The number of hydrogen-bond donors (Lipinski definition) is 1. The SMILES string of the molecule is CCCC/C=C/c1cn[nH]c1C1=CCCN(C)C1. The summed E-state index contributed by atoms with van der Waals surface area (Å²) in [7, 11) is 2.17. The van der Waals surface area contributed by atoms with Crippen molar-refractivity contribution < 1.29 is 0 Å². The molecule has 1 aromatic heterocycles. The third-order valence-corrected chi connectivity index (χ3v) is 3.35. The molecule has 2 heterocycles. The Kier molecular flexibility index (Phi) is 4.76. The highest BCUT2D eigenvalue weighted by atomic mass is 15.1. The maximum Gasteiger partial charge on any atom is 0.0692 e. The summed E-state index contributed by atoms with van der Waals surface area (Å²) in [6.45, 7) is 4.39. The molecule has 0 unspecified atom stereocenters. The van der Waals surface area contributed by atoms with Crippen LogP contribution in [0.5, 0.6) is 0 Å². The molecule has 0 radical (unpaired) electrons. The summed E-state index contributed by atoms with van der Waals surface area (Å²) in [6, 6.07) is 0. The number of aromatic nitrogens is 2. The van der Waals surface area contributed by atoms with Crippen LogP contribution in [0.2, 0.25) is 0 Å². The summed E-state index contributed by atoms with van der Waals surface area (Å²) >= 11 is 0. The van der Waals surface area contributed by atoms with Crippen molar-refractivity contribution in [3.05, 3.63) is 29.6 Å². The molecule has 0 aromatic carbocycles. The van der Waals surface area contributed by atoms with Gasteiger partial charge in [-0.2, -0.15) is 5.10 Å². The van der Waals surface area contributed by atoms with Crippen LogP contribution in [0.25, 0.3) is 11.6 Å². The quantitative estimate of drug-likeness (QED) is 0.807. The Morgan fingerprint density at radius 1 is 1.50 bits per heavy atom. The van der Waals surface area contributed by atoms with Gasteiger partial charge in [-0.3, -0.25) is 5.10 Å². The first-order valence-corrected chi connectivity index (χ1v) is 6.89. The van der Waals surface area contributed by atoms with Gasteiger partial charge in [0.15, 0.2) is 0 Å². The fraction of sp³-hybridized carbons (Fsp3) is 0.533. The van der Waals surface area contributed by atoms with E-state index >= 15 is 0 Å². The molecule has 0 atom stereocenters. The van der Waals surface area contributed by atoms with Crippen molar-refractivity contribution in [3.8, 4) is 0 Å². The van der Waals surface area contributed by atoms with Crippen LogP contribution in [0, 0.1) is 0 Å². The highest BCUT2D eigenvalue weighted by Crippen LogP contribution is 2.22. The fourth-order valence-electron chi connectivity index (χ4n) is 2.29. The molecule has 0 amide bonds. The summed E-state index contributed by atoms with van der Waals surface area (Å²) < 4.78 is 0. The van der Waals surface area contributed by atoms with Crippen LogP contribution in [0.3, 0.4) is 0 Å². The Bertz CT molecular complexity index is 429. The van der Waals surface area contributed by atoms with E-state index in [1.54, 1.807) is 0 Å². The average molecular weight is 245 g/mol. The Morgan fingerprint density at radius 2 is 2.39 bits per heavy atom. The average Bonchev–Trinajstić information content (AvgIpc) is 2.83.